The minimum Gasteiger partial charge on any atom is -0.497 e. The van der Waals surface area contributed by atoms with Gasteiger partial charge in [0.05, 0.1) is 18.9 Å². The zero-order chi connectivity index (χ0) is 15.4. The van der Waals surface area contributed by atoms with E-state index in [1.165, 1.54) is 11.1 Å². The molecule has 1 N–H and O–H groups in total. The standard InChI is InChI=1S/C17H24N2O2/c1-12-17(13(2)19(3)18-12)11-15(20)8-5-14-6-9-16(21-4)10-7-14/h6-7,9-10,15,20H,5,8,11H2,1-4H3. The lowest BCUT2D eigenvalue weighted by molar-refractivity contribution is 0.165. The maximum absolute atomic E-state index is 10.3. The molecule has 1 unspecified atom stereocenters. The number of hydrogen-bond donors (Lipinski definition) is 1. The molecule has 0 amide bonds. The van der Waals surface area contributed by atoms with E-state index in [2.05, 4.69) is 5.10 Å². The Morgan fingerprint density at radius 1 is 1.24 bits per heavy atom. The van der Waals surface area contributed by atoms with Crippen molar-refractivity contribution in [2.75, 3.05) is 7.11 Å². The first kappa shape index (κ1) is 15.6. The fraction of sp³-hybridized carbons (Fsp3) is 0.471. The Hall–Kier alpha value is -1.81. The predicted octanol–water partition coefficient (Wildman–Crippen LogP) is 2.58. The van der Waals surface area contributed by atoms with Gasteiger partial charge in [-0.05, 0) is 49.9 Å². The highest BCUT2D eigenvalue weighted by Crippen LogP contribution is 2.17. The number of ether oxygens (including phenoxy) is 1. The van der Waals surface area contributed by atoms with Crippen LogP contribution in [0.1, 0.15) is 28.9 Å². The number of benzene rings is 1. The van der Waals surface area contributed by atoms with Crippen molar-refractivity contribution < 1.29 is 9.84 Å². The third kappa shape index (κ3) is 3.85. The Labute approximate surface area is 126 Å². The molecule has 114 valence electrons. The molecule has 1 aromatic heterocycles. The second-order valence-electron chi connectivity index (χ2n) is 5.52. The second kappa shape index (κ2) is 6.76. The van der Waals surface area contributed by atoms with Crippen LogP contribution in [0.25, 0.3) is 0 Å². The van der Waals surface area contributed by atoms with Crippen LogP contribution in [0.15, 0.2) is 24.3 Å². The second-order valence-corrected chi connectivity index (χ2v) is 5.52. The Bertz CT molecular complexity index is 588. The molecule has 1 heterocycles. The minimum atomic E-state index is -0.339. The molecule has 4 heteroatoms. The van der Waals surface area contributed by atoms with E-state index in [0.29, 0.717) is 6.42 Å². The van der Waals surface area contributed by atoms with Gasteiger partial charge in [0, 0.05) is 19.2 Å². The van der Waals surface area contributed by atoms with Crippen LogP contribution < -0.4 is 4.74 Å². The summed E-state index contributed by atoms with van der Waals surface area (Å²) in [5.74, 6) is 0.862. The van der Waals surface area contributed by atoms with E-state index in [9.17, 15) is 5.11 Å². The van der Waals surface area contributed by atoms with Crippen LogP contribution in [0.4, 0.5) is 0 Å². The van der Waals surface area contributed by atoms with E-state index in [4.69, 9.17) is 4.74 Å². The lowest BCUT2D eigenvalue weighted by atomic mass is 10.00. The van der Waals surface area contributed by atoms with Gasteiger partial charge >= 0.3 is 0 Å². The molecule has 0 saturated carbocycles. The summed E-state index contributed by atoms with van der Waals surface area (Å²) in [7, 11) is 3.60. The molecule has 0 saturated heterocycles. The third-order valence-corrected chi connectivity index (χ3v) is 4.02. The molecule has 0 spiro atoms. The number of nitrogens with zero attached hydrogens (tertiary/aromatic N) is 2. The minimum absolute atomic E-state index is 0.339. The first-order valence-electron chi connectivity index (χ1n) is 7.31. The zero-order valence-corrected chi connectivity index (χ0v) is 13.3. The van der Waals surface area contributed by atoms with Crippen molar-refractivity contribution in [3.63, 3.8) is 0 Å². The van der Waals surface area contributed by atoms with Gasteiger partial charge in [-0.2, -0.15) is 5.10 Å². The maximum atomic E-state index is 10.3. The molecule has 0 aliphatic rings. The zero-order valence-electron chi connectivity index (χ0n) is 13.3. The molecule has 1 aromatic carbocycles. The van der Waals surface area contributed by atoms with Crippen molar-refractivity contribution in [2.45, 2.75) is 39.2 Å². The summed E-state index contributed by atoms with van der Waals surface area (Å²) in [6.07, 6.45) is 1.94. The van der Waals surface area contributed by atoms with Crippen LogP contribution >= 0.6 is 0 Å². The van der Waals surface area contributed by atoms with Crippen LogP contribution in [0, 0.1) is 13.8 Å². The molecule has 0 radical (unpaired) electrons. The fourth-order valence-electron chi connectivity index (χ4n) is 2.58. The molecule has 4 nitrogen and oxygen atoms in total. The summed E-state index contributed by atoms with van der Waals surface area (Å²) >= 11 is 0. The van der Waals surface area contributed by atoms with E-state index in [1.807, 2.05) is 49.8 Å². The summed E-state index contributed by atoms with van der Waals surface area (Å²) in [4.78, 5) is 0. The molecular formula is C17H24N2O2. The number of aliphatic hydroxyl groups excluding tert-OH is 1. The first-order valence-corrected chi connectivity index (χ1v) is 7.31. The van der Waals surface area contributed by atoms with Crippen molar-refractivity contribution in [3.05, 3.63) is 46.8 Å². The third-order valence-electron chi connectivity index (χ3n) is 4.02. The van der Waals surface area contributed by atoms with Crippen molar-refractivity contribution in [1.82, 2.24) is 9.78 Å². The van der Waals surface area contributed by atoms with Gasteiger partial charge in [0.2, 0.25) is 0 Å². The number of rotatable bonds is 6. The van der Waals surface area contributed by atoms with E-state index in [-0.39, 0.29) is 6.10 Å². The number of aromatic nitrogens is 2. The van der Waals surface area contributed by atoms with Gasteiger partial charge in [-0.25, -0.2) is 0 Å². The number of aliphatic hydroxyl groups is 1. The van der Waals surface area contributed by atoms with Crippen molar-refractivity contribution in [3.8, 4) is 5.75 Å². The number of aryl methyl sites for hydroxylation is 3. The smallest absolute Gasteiger partial charge is 0.118 e. The monoisotopic (exact) mass is 288 g/mol. The lowest BCUT2D eigenvalue weighted by Gasteiger charge is -2.11. The van der Waals surface area contributed by atoms with E-state index < -0.39 is 0 Å². The van der Waals surface area contributed by atoms with Crippen LogP contribution in [0.2, 0.25) is 0 Å². The molecule has 0 aliphatic heterocycles. The van der Waals surface area contributed by atoms with Gasteiger partial charge in [0.15, 0.2) is 0 Å². The molecule has 1 atom stereocenters. The van der Waals surface area contributed by atoms with Gasteiger partial charge in [-0.3, -0.25) is 4.68 Å². The average Bonchev–Trinajstić information content (AvgIpc) is 2.72. The van der Waals surface area contributed by atoms with Crippen LogP contribution in [0.5, 0.6) is 5.75 Å². The molecule has 0 fully saturated rings. The van der Waals surface area contributed by atoms with Crippen molar-refractivity contribution in [2.24, 2.45) is 7.05 Å². The SMILES string of the molecule is COc1ccc(CCC(O)Cc2c(C)nn(C)c2C)cc1. The van der Waals surface area contributed by atoms with Gasteiger partial charge in [-0.1, -0.05) is 12.1 Å². The highest BCUT2D eigenvalue weighted by molar-refractivity contribution is 5.28. The number of hydrogen-bond acceptors (Lipinski definition) is 3. The summed E-state index contributed by atoms with van der Waals surface area (Å²) in [5.41, 5.74) is 4.53. The Kier molecular flexibility index (Phi) is 5.02. The summed E-state index contributed by atoms with van der Waals surface area (Å²) in [6.45, 7) is 4.05. The molecule has 21 heavy (non-hydrogen) atoms. The van der Waals surface area contributed by atoms with Gasteiger partial charge in [-0.15, -0.1) is 0 Å². The Balaban J connectivity index is 1.90. The first-order chi connectivity index (χ1) is 10.0. The molecule has 0 aliphatic carbocycles. The Morgan fingerprint density at radius 3 is 2.43 bits per heavy atom. The van der Waals surface area contributed by atoms with Crippen LogP contribution in [-0.2, 0) is 19.9 Å². The summed E-state index contributed by atoms with van der Waals surface area (Å²) in [6, 6.07) is 8.01. The lowest BCUT2D eigenvalue weighted by Crippen LogP contribution is -2.13. The van der Waals surface area contributed by atoms with E-state index in [0.717, 1.165) is 30.0 Å². The summed E-state index contributed by atoms with van der Waals surface area (Å²) < 4.78 is 7.02. The normalized spacial score (nSPS) is 12.4. The van der Waals surface area contributed by atoms with Crippen LogP contribution in [-0.4, -0.2) is 28.1 Å². The van der Waals surface area contributed by atoms with E-state index in [1.54, 1.807) is 7.11 Å². The van der Waals surface area contributed by atoms with Gasteiger partial charge in [0.25, 0.3) is 0 Å². The fourth-order valence-corrected chi connectivity index (χ4v) is 2.58. The quantitative estimate of drug-likeness (QED) is 0.888. The van der Waals surface area contributed by atoms with Crippen molar-refractivity contribution in [1.29, 1.82) is 0 Å². The molecular weight excluding hydrogens is 264 g/mol. The highest BCUT2D eigenvalue weighted by atomic mass is 16.5. The highest BCUT2D eigenvalue weighted by Gasteiger charge is 2.14. The van der Waals surface area contributed by atoms with E-state index >= 15 is 0 Å². The molecule has 2 rings (SSSR count). The molecule has 2 aromatic rings. The van der Waals surface area contributed by atoms with Gasteiger partial charge in [0.1, 0.15) is 5.75 Å². The topological polar surface area (TPSA) is 47.3 Å². The number of methoxy groups -OCH3 is 1. The Morgan fingerprint density at radius 2 is 1.90 bits per heavy atom. The van der Waals surface area contributed by atoms with Crippen LogP contribution in [0.3, 0.4) is 0 Å². The predicted molar refractivity (Wildman–Crippen MR) is 83.7 cm³/mol. The molecule has 0 bridgehead atoms. The summed E-state index contributed by atoms with van der Waals surface area (Å²) in [5, 5.41) is 14.7. The largest absolute Gasteiger partial charge is 0.497 e. The maximum Gasteiger partial charge on any atom is 0.118 e. The van der Waals surface area contributed by atoms with Gasteiger partial charge < -0.3 is 9.84 Å². The van der Waals surface area contributed by atoms with Crippen molar-refractivity contribution >= 4 is 0 Å². The average molecular weight is 288 g/mol.